The molecule has 0 saturated carbocycles. The predicted octanol–water partition coefficient (Wildman–Crippen LogP) is 7.56. The van der Waals surface area contributed by atoms with Gasteiger partial charge in [-0.25, -0.2) is 4.98 Å². The molecule has 8 nitrogen and oxygen atoms in total. The highest BCUT2D eigenvalue weighted by molar-refractivity contribution is 7.22. The van der Waals surface area contributed by atoms with E-state index in [-0.39, 0.29) is 34.0 Å². The molecule has 222 valence electrons. The third kappa shape index (κ3) is 3.91. The second-order valence-corrected chi connectivity index (χ2v) is 12.5. The van der Waals surface area contributed by atoms with E-state index in [0.717, 1.165) is 4.70 Å². The Hall–Kier alpha value is -4.70. The number of rotatable bonds is 5. The van der Waals surface area contributed by atoms with E-state index in [4.69, 9.17) is 37.3 Å². The summed E-state index contributed by atoms with van der Waals surface area (Å²) in [6, 6.07) is 24.4. The lowest BCUT2D eigenvalue weighted by Crippen LogP contribution is -2.53. The van der Waals surface area contributed by atoms with Crippen molar-refractivity contribution in [3.63, 3.8) is 0 Å². The normalized spacial score (nSPS) is 17.1. The van der Waals surface area contributed by atoms with E-state index in [0.29, 0.717) is 44.7 Å². The monoisotopic (exact) mass is 653 g/mol. The van der Waals surface area contributed by atoms with Crippen LogP contribution in [0.2, 0.25) is 10.0 Å². The van der Waals surface area contributed by atoms with Gasteiger partial charge < -0.3 is 14.1 Å². The minimum Gasteiger partial charge on any atom is -0.494 e. The van der Waals surface area contributed by atoms with E-state index in [9.17, 15) is 9.59 Å². The van der Waals surface area contributed by atoms with Gasteiger partial charge in [0.25, 0.3) is 11.8 Å². The van der Waals surface area contributed by atoms with Gasteiger partial charge in [-0.2, -0.15) is 0 Å². The number of benzene rings is 4. The number of ether oxygens (including phenoxy) is 1. The van der Waals surface area contributed by atoms with Crippen LogP contribution in [0.15, 0.2) is 94.1 Å². The zero-order chi connectivity index (χ0) is 31.0. The molecular weight excluding hydrogens is 633 g/mol. The van der Waals surface area contributed by atoms with Crippen molar-refractivity contribution in [1.29, 1.82) is 0 Å². The van der Waals surface area contributed by atoms with Crippen LogP contribution in [0, 0.1) is 0 Å². The number of anilines is 2. The number of aromatic nitrogens is 1. The summed E-state index contributed by atoms with van der Waals surface area (Å²) < 4.78 is 12.6. The van der Waals surface area contributed by atoms with E-state index >= 15 is 4.79 Å². The van der Waals surface area contributed by atoms with E-state index in [2.05, 4.69) is 0 Å². The van der Waals surface area contributed by atoms with Crippen LogP contribution in [0.3, 0.4) is 0 Å². The summed E-state index contributed by atoms with van der Waals surface area (Å²) in [5, 5.41) is 1.20. The second-order valence-electron chi connectivity index (χ2n) is 10.7. The quantitative estimate of drug-likeness (QED) is 0.191. The van der Waals surface area contributed by atoms with Crippen LogP contribution in [0.1, 0.15) is 34.2 Å². The molecule has 11 heteroatoms. The zero-order valence-corrected chi connectivity index (χ0v) is 25.9. The molecule has 1 spiro atoms. The van der Waals surface area contributed by atoms with Gasteiger partial charge in [0.05, 0.1) is 40.0 Å². The number of carbonyl (C=O) groups excluding carboxylic acids is 2. The summed E-state index contributed by atoms with van der Waals surface area (Å²) in [6.45, 7) is 2.49. The first-order chi connectivity index (χ1) is 21.8. The van der Waals surface area contributed by atoms with Crippen LogP contribution in [-0.4, -0.2) is 23.4 Å². The Bertz CT molecular complexity index is 2300. The average Bonchev–Trinajstić information content (AvgIpc) is 3.64. The van der Waals surface area contributed by atoms with E-state index in [1.807, 2.05) is 37.3 Å². The van der Waals surface area contributed by atoms with E-state index in [1.54, 1.807) is 53.4 Å². The molecule has 1 atom stereocenters. The van der Waals surface area contributed by atoms with Gasteiger partial charge in [-0.05, 0) is 61.0 Å². The lowest BCUT2D eigenvalue weighted by atomic mass is 9.84. The summed E-state index contributed by atoms with van der Waals surface area (Å²) in [6.07, 6.45) is 0. The van der Waals surface area contributed by atoms with Gasteiger partial charge in [-0.1, -0.05) is 70.9 Å². The predicted molar refractivity (Wildman–Crippen MR) is 175 cm³/mol. The molecule has 4 heterocycles. The molecule has 2 amide bonds. The maximum atomic E-state index is 15.1. The van der Waals surface area contributed by atoms with Crippen molar-refractivity contribution in [2.24, 2.45) is 0 Å². The Morgan fingerprint density at radius 3 is 2.58 bits per heavy atom. The first-order valence-corrected chi connectivity index (χ1v) is 15.7. The fourth-order valence-corrected chi connectivity index (χ4v) is 7.75. The van der Waals surface area contributed by atoms with Crippen LogP contribution in [0.25, 0.3) is 21.2 Å². The fraction of sp³-hybridized carbons (Fsp3) is 0.118. The fourth-order valence-electron chi connectivity index (χ4n) is 6.33. The number of hydrogen-bond acceptors (Lipinski definition) is 7. The van der Waals surface area contributed by atoms with E-state index < -0.39 is 22.8 Å². The minimum atomic E-state index is -1.90. The van der Waals surface area contributed by atoms with Crippen molar-refractivity contribution in [2.45, 2.75) is 19.0 Å². The maximum Gasteiger partial charge on any atom is 0.297 e. The molecule has 6 aromatic rings. The SMILES string of the molecule is CCOc1ccc2nc(N3C(=O)c4oc5ccc(Cl)cc5c(=O)c4C34C(=O)N(Cc3ccccc3Cl)c3ccccc34)sc2c1. The molecule has 2 aliphatic heterocycles. The number of para-hydroxylation sites is 1. The molecule has 0 bridgehead atoms. The molecule has 1 unspecified atom stereocenters. The van der Waals surface area contributed by atoms with Crippen molar-refractivity contribution >= 4 is 78.4 Å². The molecule has 0 saturated heterocycles. The Kier molecular flexibility index (Phi) is 6.29. The number of amides is 2. The summed E-state index contributed by atoms with van der Waals surface area (Å²) in [5.41, 5.74) is -0.00153. The van der Waals surface area contributed by atoms with Gasteiger partial charge in [0.1, 0.15) is 11.3 Å². The van der Waals surface area contributed by atoms with Crippen molar-refractivity contribution < 1.29 is 18.7 Å². The number of nitrogens with zero attached hydrogens (tertiary/aromatic N) is 3. The first-order valence-electron chi connectivity index (χ1n) is 14.1. The number of thiazole rings is 1. The molecule has 0 radical (unpaired) electrons. The Labute approximate surface area is 270 Å². The topological polar surface area (TPSA) is 93.0 Å². The molecule has 2 aromatic heterocycles. The summed E-state index contributed by atoms with van der Waals surface area (Å²) in [4.78, 5) is 51.9. The molecule has 0 N–H and O–H groups in total. The molecule has 0 fully saturated rings. The largest absolute Gasteiger partial charge is 0.494 e. The summed E-state index contributed by atoms with van der Waals surface area (Å²) in [5.74, 6) is -0.713. The lowest BCUT2D eigenvalue weighted by Gasteiger charge is -2.32. The molecule has 45 heavy (non-hydrogen) atoms. The Morgan fingerprint density at radius 1 is 0.956 bits per heavy atom. The van der Waals surface area contributed by atoms with Gasteiger partial charge in [0.2, 0.25) is 5.76 Å². The summed E-state index contributed by atoms with van der Waals surface area (Å²) >= 11 is 14.1. The number of halogens is 2. The van der Waals surface area contributed by atoms with Crippen molar-refractivity contribution in [2.75, 3.05) is 16.4 Å². The van der Waals surface area contributed by atoms with Crippen molar-refractivity contribution in [1.82, 2.24) is 4.98 Å². The highest BCUT2D eigenvalue weighted by Crippen LogP contribution is 2.55. The van der Waals surface area contributed by atoms with E-state index in [1.165, 1.54) is 22.3 Å². The number of hydrogen-bond donors (Lipinski definition) is 0. The van der Waals surface area contributed by atoms with Gasteiger partial charge in [-0.15, -0.1) is 0 Å². The van der Waals surface area contributed by atoms with Gasteiger partial charge in [0, 0.05) is 15.6 Å². The van der Waals surface area contributed by atoms with Gasteiger partial charge >= 0.3 is 0 Å². The number of carbonyl (C=O) groups is 2. The van der Waals surface area contributed by atoms with Gasteiger partial charge in [-0.3, -0.25) is 19.3 Å². The second kappa shape index (κ2) is 10.2. The van der Waals surface area contributed by atoms with Crippen LogP contribution in [-0.2, 0) is 16.9 Å². The van der Waals surface area contributed by atoms with Crippen molar-refractivity contribution in [3.05, 3.63) is 128 Å². The van der Waals surface area contributed by atoms with Crippen LogP contribution < -0.4 is 20.0 Å². The minimum absolute atomic E-state index is 0.0735. The average molecular weight is 655 g/mol. The van der Waals surface area contributed by atoms with Crippen molar-refractivity contribution in [3.8, 4) is 5.75 Å². The zero-order valence-electron chi connectivity index (χ0n) is 23.5. The third-order valence-electron chi connectivity index (χ3n) is 8.22. The first kappa shape index (κ1) is 27.8. The highest BCUT2D eigenvalue weighted by atomic mass is 35.5. The molecule has 0 aliphatic carbocycles. The lowest BCUT2D eigenvalue weighted by molar-refractivity contribution is -0.121. The third-order valence-corrected chi connectivity index (χ3v) is 9.83. The van der Waals surface area contributed by atoms with Gasteiger partial charge in [0.15, 0.2) is 16.1 Å². The molecular formula is C34H21Cl2N3O5S. The standard InChI is InChI=1S/C34H21Cl2N3O5S/c1-2-43-20-12-13-24-27(16-20)45-33(37-24)39-31(41)30-28(29(40)21-15-19(35)11-14-26(21)44-30)34(39)22-8-4-6-10-25(22)38(32(34)42)17-18-7-3-5-9-23(18)36/h3-16H,2,17H2,1H3. The highest BCUT2D eigenvalue weighted by Gasteiger charge is 2.66. The molecule has 8 rings (SSSR count). The Morgan fingerprint density at radius 2 is 1.76 bits per heavy atom. The molecule has 4 aromatic carbocycles. The summed E-state index contributed by atoms with van der Waals surface area (Å²) in [7, 11) is 0. The smallest absolute Gasteiger partial charge is 0.297 e. The maximum absolute atomic E-state index is 15.1. The Balaban J connectivity index is 1.43. The van der Waals surface area contributed by atoms with Crippen LogP contribution >= 0.6 is 34.5 Å². The molecule has 2 aliphatic rings. The van der Waals surface area contributed by atoms with Crippen LogP contribution in [0.4, 0.5) is 10.8 Å². The number of fused-ring (bicyclic) bond motifs is 6. The van der Waals surface area contributed by atoms with Crippen LogP contribution in [0.5, 0.6) is 5.75 Å².